The van der Waals surface area contributed by atoms with Crippen LogP contribution in [-0.2, 0) is 18.4 Å². The molecule has 1 heterocycles. The summed E-state index contributed by atoms with van der Waals surface area (Å²) in [6, 6.07) is 16.1. The molecule has 0 aliphatic carbocycles. The molecule has 0 radical (unpaired) electrons. The van der Waals surface area contributed by atoms with Gasteiger partial charge in [-0.3, -0.25) is 4.79 Å². The van der Waals surface area contributed by atoms with Crippen LogP contribution in [0.25, 0.3) is 11.4 Å². The highest BCUT2D eigenvalue weighted by Gasteiger charge is 2.13. The highest BCUT2D eigenvalue weighted by Crippen LogP contribution is 2.22. The zero-order valence-corrected chi connectivity index (χ0v) is 14.5. The van der Waals surface area contributed by atoms with Crippen molar-refractivity contribution in [3.8, 4) is 11.4 Å². The minimum absolute atomic E-state index is 0.167. The Hall–Kier alpha value is -2.67. The number of benzene rings is 2. The van der Waals surface area contributed by atoms with E-state index >= 15 is 0 Å². The molecule has 0 bridgehead atoms. The third-order valence-electron chi connectivity index (χ3n) is 3.63. The summed E-state index contributed by atoms with van der Waals surface area (Å²) in [5.41, 5.74) is 1.43. The average Bonchev–Trinajstić information content (AvgIpc) is 3.00. The standard InChI is InChI=1S/C18H17FN4OS/c1-23-17(13-7-3-2-4-8-13)21-22-18(23)25-12-16(24)20-11-14-9-5-6-10-15(14)19/h2-10H,11-12H2,1H3,(H,20,24). The van der Waals surface area contributed by atoms with Gasteiger partial charge in [-0.1, -0.05) is 60.3 Å². The van der Waals surface area contributed by atoms with Gasteiger partial charge in [0.2, 0.25) is 5.91 Å². The van der Waals surface area contributed by atoms with Crippen LogP contribution in [-0.4, -0.2) is 26.4 Å². The van der Waals surface area contributed by atoms with Crippen molar-refractivity contribution in [3.63, 3.8) is 0 Å². The predicted molar refractivity (Wildman–Crippen MR) is 95.4 cm³/mol. The quantitative estimate of drug-likeness (QED) is 0.690. The van der Waals surface area contributed by atoms with Crippen LogP contribution in [0.4, 0.5) is 4.39 Å². The summed E-state index contributed by atoms with van der Waals surface area (Å²) in [6.07, 6.45) is 0. The molecule has 0 saturated carbocycles. The van der Waals surface area contributed by atoms with E-state index in [-0.39, 0.29) is 24.0 Å². The van der Waals surface area contributed by atoms with Gasteiger partial charge in [-0.25, -0.2) is 4.39 Å². The zero-order valence-electron chi connectivity index (χ0n) is 13.6. The lowest BCUT2D eigenvalue weighted by molar-refractivity contribution is -0.118. The van der Waals surface area contributed by atoms with Crippen LogP contribution < -0.4 is 5.32 Å². The fourth-order valence-electron chi connectivity index (χ4n) is 2.30. The minimum Gasteiger partial charge on any atom is -0.351 e. The van der Waals surface area contributed by atoms with E-state index in [0.29, 0.717) is 10.7 Å². The maximum atomic E-state index is 13.5. The Bertz CT molecular complexity index is 867. The fourth-order valence-corrected chi connectivity index (χ4v) is 3.04. The van der Waals surface area contributed by atoms with Crippen molar-refractivity contribution in [1.29, 1.82) is 0 Å². The summed E-state index contributed by atoms with van der Waals surface area (Å²) in [5, 5.41) is 11.7. The van der Waals surface area contributed by atoms with Crippen LogP contribution >= 0.6 is 11.8 Å². The van der Waals surface area contributed by atoms with E-state index in [4.69, 9.17) is 0 Å². The van der Waals surface area contributed by atoms with Crippen molar-refractivity contribution in [1.82, 2.24) is 20.1 Å². The van der Waals surface area contributed by atoms with Crippen LogP contribution in [0, 0.1) is 5.82 Å². The Morgan fingerprint density at radius 3 is 2.60 bits per heavy atom. The van der Waals surface area contributed by atoms with Gasteiger partial charge in [0.05, 0.1) is 5.75 Å². The molecule has 1 aromatic heterocycles. The molecular weight excluding hydrogens is 339 g/mol. The molecule has 0 unspecified atom stereocenters. The second kappa shape index (κ2) is 7.94. The van der Waals surface area contributed by atoms with Crippen molar-refractivity contribution in [2.45, 2.75) is 11.7 Å². The number of hydrogen-bond acceptors (Lipinski definition) is 4. The summed E-state index contributed by atoms with van der Waals surface area (Å²) >= 11 is 1.29. The third-order valence-corrected chi connectivity index (χ3v) is 4.65. The molecule has 25 heavy (non-hydrogen) atoms. The predicted octanol–water partition coefficient (Wildman–Crippen LogP) is 3.03. The van der Waals surface area contributed by atoms with Crippen molar-refractivity contribution < 1.29 is 9.18 Å². The summed E-state index contributed by atoms with van der Waals surface area (Å²) in [6.45, 7) is 0.167. The largest absolute Gasteiger partial charge is 0.351 e. The second-order valence-electron chi connectivity index (χ2n) is 5.39. The van der Waals surface area contributed by atoms with Gasteiger partial charge in [-0.05, 0) is 6.07 Å². The maximum absolute atomic E-state index is 13.5. The molecule has 0 atom stereocenters. The maximum Gasteiger partial charge on any atom is 0.230 e. The normalized spacial score (nSPS) is 10.6. The number of aromatic nitrogens is 3. The van der Waals surface area contributed by atoms with E-state index in [9.17, 15) is 9.18 Å². The number of halogens is 1. The van der Waals surface area contributed by atoms with Gasteiger partial charge in [0.15, 0.2) is 11.0 Å². The summed E-state index contributed by atoms with van der Waals surface area (Å²) < 4.78 is 15.4. The number of carbonyl (C=O) groups excluding carboxylic acids is 1. The highest BCUT2D eigenvalue weighted by atomic mass is 32.2. The molecule has 128 valence electrons. The first-order valence-electron chi connectivity index (χ1n) is 7.73. The van der Waals surface area contributed by atoms with Crippen LogP contribution in [0.5, 0.6) is 0 Å². The van der Waals surface area contributed by atoms with E-state index < -0.39 is 0 Å². The smallest absolute Gasteiger partial charge is 0.230 e. The van der Waals surface area contributed by atoms with Gasteiger partial charge in [0, 0.05) is 24.7 Å². The SMILES string of the molecule is Cn1c(SCC(=O)NCc2ccccc2F)nnc1-c1ccccc1. The second-order valence-corrected chi connectivity index (χ2v) is 6.33. The summed E-state index contributed by atoms with van der Waals surface area (Å²) in [5.74, 6) is 0.429. The van der Waals surface area contributed by atoms with Crippen molar-refractivity contribution in [2.24, 2.45) is 7.05 Å². The van der Waals surface area contributed by atoms with Crippen LogP contribution in [0.2, 0.25) is 0 Å². The molecule has 5 nitrogen and oxygen atoms in total. The van der Waals surface area contributed by atoms with Crippen LogP contribution in [0.15, 0.2) is 59.8 Å². The molecule has 3 rings (SSSR count). The molecule has 2 aromatic carbocycles. The molecule has 0 saturated heterocycles. The number of rotatable bonds is 6. The van der Waals surface area contributed by atoms with Gasteiger partial charge in [-0.15, -0.1) is 10.2 Å². The molecule has 0 aliphatic rings. The Kier molecular flexibility index (Phi) is 5.45. The lowest BCUT2D eigenvalue weighted by atomic mass is 10.2. The first-order chi connectivity index (χ1) is 12.1. The first-order valence-corrected chi connectivity index (χ1v) is 8.71. The van der Waals surface area contributed by atoms with Crippen LogP contribution in [0.1, 0.15) is 5.56 Å². The Morgan fingerprint density at radius 2 is 1.84 bits per heavy atom. The molecule has 0 fully saturated rings. The molecule has 7 heteroatoms. The van der Waals surface area contributed by atoms with Gasteiger partial charge in [0.1, 0.15) is 5.82 Å². The number of nitrogens with one attached hydrogen (secondary N) is 1. The Labute approximate surface area is 149 Å². The van der Waals surface area contributed by atoms with Gasteiger partial charge < -0.3 is 9.88 Å². The van der Waals surface area contributed by atoms with Gasteiger partial charge in [0.25, 0.3) is 0 Å². The highest BCUT2D eigenvalue weighted by molar-refractivity contribution is 7.99. The van der Waals surface area contributed by atoms with Crippen molar-refractivity contribution >= 4 is 17.7 Å². The van der Waals surface area contributed by atoms with E-state index in [1.165, 1.54) is 17.8 Å². The number of amides is 1. The number of thioether (sulfide) groups is 1. The minimum atomic E-state index is -0.323. The Morgan fingerprint density at radius 1 is 1.12 bits per heavy atom. The fraction of sp³-hybridized carbons (Fsp3) is 0.167. The van der Waals surface area contributed by atoms with Crippen molar-refractivity contribution in [3.05, 3.63) is 66.0 Å². The summed E-state index contributed by atoms with van der Waals surface area (Å²) in [7, 11) is 1.86. The molecular formula is C18H17FN4OS. The average molecular weight is 356 g/mol. The third kappa shape index (κ3) is 4.24. The monoisotopic (exact) mass is 356 g/mol. The van der Waals surface area contributed by atoms with Crippen molar-refractivity contribution in [2.75, 3.05) is 5.75 Å². The molecule has 0 spiro atoms. The Balaban J connectivity index is 1.56. The summed E-state index contributed by atoms with van der Waals surface area (Å²) in [4.78, 5) is 12.0. The molecule has 1 amide bonds. The molecule has 0 aliphatic heterocycles. The van der Waals surface area contributed by atoms with E-state index in [0.717, 1.165) is 11.4 Å². The number of hydrogen-bond donors (Lipinski definition) is 1. The van der Waals surface area contributed by atoms with Crippen LogP contribution in [0.3, 0.4) is 0 Å². The first kappa shape index (κ1) is 17.2. The number of nitrogens with zero attached hydrogens (tertiary/aromatic N) is 3. The molecule has 1 N–H and O–H groups in total. The molecule has 3 aromatic rings. The zero-order chi connectivity index (χ0) is 17.6. The lowest BCUT2D eigenvalue weighted by Gasteiger charge is -2.06. The van der Waals surface area contributed by atoms with E-state index in [2.05, 4.69) is 15.5 Å². The lowest BCUT2D eigenvalue weighted by Crippen LogP contribution is -2.25. The number of carbonyl (C=O) groups is 1. The topological polar surface area (TPSA) is 59.8 Å². The van der Waals surface area contributed by atoms with Gasteiger partial charge in [-0.2, -0.15) is 0 Å². The van der Waals surface area contributed by atoms with E-state index in [1.807, 2.05) is 41.9 Å². The van der Waals surface area contributed by atoms with Gasteiger partial charge >= 0.3 is 0 Å². The van der Waals surface area contributed by atoms with E-state index in [1.54, 1.807) is 18.2 Å².